The number of para-hydroxylation sites is 1. The number of hydrogen-bond donors (Lipinski definition) is 2. The van der Waals surface area contributed by atoms with Gasteiger partial charge in [0.15, 0.2) is 11.3 Å². The predicted molar refractivity (Wildman–Crippen MR) is 101 cm³/mol. The van der Waals surface area contributed by atoms with Crippen molar-refractivity contribution in [1.29, 1.82) is 0 Å². The molecule has 0 radical (unpaired) electrons. The molecule has 7 nitrogen and oxygen atoms in total. The fraction of sp³-hybridized carbons (Fsp3) is 0.0952. The molecule has 0 saturated heterocycles. The van der Waals surface area contributed by atoms with Crippen molar-refractivity contribution < 1.29 is 29.0 Å². The van der Waals surface area contributed by atoms with Gasteiger partial charge in [-0.15, -0.1) is 0 Å². The minimum Gasteiger partial charge on any atom is -0.478 e. The topological polar surface area (TPSA) is 102 Å². The van der Waals surface area contributed by atoms with E-state index in [1.807, 2.05) is 6.07 Å². The van der Waals surface area contributed by atoms with Gasteiger partial charge in [0.25, 0.3) is 0 Å². The van der Waals surface area contributed by atoms with E-state index in [-0.39, 0.29) is 29.4 Å². The maximum Gasteiger partial charge on any atom is 0.347 e. The molecule has 0 saturated carbocycles. The molecule has 142 valence electrons. The van der Waals surface area contributed by atoms with Gasteiger partial charge < -0.3 is 19.9 Å². The van der Waals surface area contributed by atoms with Gasteiger partial charge in [0, 0.05) is 5.69 Å². The summed E-state index contributed by atoms with van der Waals surface area (Å²) in [5, 5.41) is 11.9. The normalized spacial score (nSPS) is 14.8. The van der Waals surface area contributed by atoms with Gasteiger partial charge in [-0.05, 0) is 42.8 Å². The number of esters is 1. The Kier molecular flexibility index (Phi) is 5.55. The van der Waals surface area contributed by atoms with Gasteiger partial charge in [0.05, 0.1) is 12.2 Å². The molecule has 2 aromatic rings. The fourth-order valence-corrected chi connectivity index (χ4v) is 2.53. The molecular formula is C21H17NO6. The monoisotopic (exact) mass is 379 g/mol. The van der Waals surface area contributed by atoms with Gasteiger partial charge in [-0.1, -0.05) is 30.3 Å². The third-order valence-corrected chi connectivity index (χ3v) is 3.86. The van der Waals surface area contributed by atoms with Crippen LogP contribution in [-0.2, 0) is 19.1 Å². The van der Waals surface area contributed by atoms with Crippen molar-refractivity contribution in [3.05, 3.63) is 82.9 Å². The molecule has 3 rings (SSSR count). The second-order valence-corrected chi connectivity index (χ2v) is 5.78. The van der Waals surface area contributed by atoms with Crippen LogP contribution in [0, 0.1) is 0 Å². The fourth-order valence-electron chi connectivity index (χ4n) is 2.53. The zero-order valence-electron chi connectivity index (χ0n) is 15.0. The Morgan fingerprint density at radius 1 is 1.11 bits per heavy atom. The first kappa shape index (κ1) is 18.9. The Morgan fingerprint density at radius 2 is 1.79 bits per heavy atom. The van der Waals surface area contributed by atoms with Crippen LogP contribution in [0.3, 0.4) is 0 Å². The van der Waals surface area contributed by atoms with Gasteiger partial charge in [-0.2, -0.15) is 0 Å². The lowest BCUT2D eigenvalue weighted by molar-refractivity contribution is -0.139. The van der Waals surface area contributed by atoms with Crippen molar-refractivity contribution >= 4 is 29.5 Å². The van der Waals surface area contributed by atoms with Crippen LogP contribution in [0.25, 0.3) is 6.08 Å². The lowest BCUT2D eigenvalue weighted by Gasteiger charge is -2.08. The second kappa shape index (κ2) is 8.22. The van der Waals surface area contributed by atoms with Crippen LogP contribution in [0.4, 0.5) is 5.69 Å². The maximum atomic E-state index is 12.7. The van der Waals surface area contributed by atoms with E-state index in [4.69, 9.17) is 14.6 Å². The first-order valence-electron chi connectivity index (χ1n) is 8.50. The maximum absolute atomic E-state index is 12.7. The number of carbonyl (C=O) groups is 3. The molecule has 0 atom stereocenters. The number of carboxylic acid groups (broad SMARTS) is 1. The molecule has 0 spiro atoms. The lowest BCUT2D eigenvalue weighted by atomic mass is 10.1. The van der Waals surface area contributed by atoms with Gasteiger partial charge in [0.1, 0.15) is 0 Å². The van der Waals surface area contributed by atoms with Gasteiger partial charge in [0.2, 0.25) is 11.7 Å². The molecule has 0 unspecified atom stereocenters. The summed E-state index contributed by atoms with van der Waals surface area (Å²) in [6.07, 6.45) is 1.44. The molecule has 1 aliphatic rings. The summed E-state index contributed by atoms with van der Waals surface area (Å²) in [6.45, 7) is 1.76. The zero-order chi connectivity index (χ0) is 20.1. The van der Waals surface area contributed by atoms with Crippen LogP contribution >= 0.6 is 0 Å². The summed E-state index contributed by atoms with van der Waals surface area (Å²) in [5.74, 6) is -2.52. The van der Waals surface area contributed by atoms with Crippen molar-refractivity contribution in [3.8, 4) is 0 Å². The number of Topliss-reactive ketones (excluding diaryl/α,β-unsaturated/α-hetero) is 1. The van der Waals surface area contributed by atoms with Crippen LogP contribution in [0.15, 0.2) is 71.8 Å². The van der Waals surface area contributed by atoms with Crippen molar-refractivity contribution in [1.82, 2.24) is 0 Å². The Balaban J connectivity index is 1.91. The predicted octanol–water partition coefficient (Wildman–Crippen LogP) is 3.21. The van der Waals surface area contributed by atoms with Crippen molar-refractivity contribution in [3.63, 3.8) is 0 Å². The standard InChI is InChI=1S/C21H17NO6/c1-2-27-21(26)17-18(23)16(12-13-8-10-14(11-9-13)20(24)25)28-19(17)22-15-6-4-3-5-7-15/h3-12,22H,2H2,1H3,(H,24,25). The van der Waals surface area contributed by atoms with Gasteiger partial charge in [-0.3, -0.25) is 4.79 Å². The van der Waals surface area contributed by atoms with Gasteiger partial charge in [-0.25, -0.2) is 9.59 Å². The number of allylic oxidation sites excluding steroid dienone is 1. The summed E-state index contributed by atoms with van der Waals surface area (Å²) >= 11 is 0. The average molecular weight is 379 g/mol. The molecule has 7 heteroatoms. The number of aromatic carboxylic acids is 1. The summed E-state index contributed by atoms with van der Waals surface area (Å²) in [7, 11) is 0. The molecule has 0 amide bonds. The number of rotatable bonds is 6. The van der Waals surface area contributed by atoms with E-state index < -0.39 is 17.7 Å². The van der Waals surface area contributed by atoms with Crippen molar-refractivity contribution in [2.24, 2.45) is 0 Å². The molecule has 0 bridgehead atoms. The highest BCUT2D eigenvalue weighted by Crippen LogP contribution is 2.28. The van der Waals surface area contributed by atoms with Gasteiger partial charge >= 0.3 is 11.9 Å². The van der Waals surface area contributed by atoms with E-state index in [1.54, 1.807) is 43.3 Å². The molecule has 0 fully saturated rings. The Morgan fingerprint density at radius 3 is 2.39 bits per heavy atom. The molecule has 2 aromatic carbocycles. The van der Waals surface area contributed by atoms with E-state index in [2.05, 4.69) is 5.32 Å². The van der Waals surface area contributed by atoms with Crippen molar-refractivity contribution in [2.45, 2.75) is 6.92 Å². The molecule has 1 aliphatic heterocycles. The van der Waals surface area contributed by atoms with E-state index in [1.165, 1.54) is 18.2 Å². The van der Waals surface area contributed by atoms with E-state index in [9.17, 15) is 14.4 Å². The molecular weight excluding hydrogens is 362 g/mol. The summed E-state index contributed by atoms with van der Waals surface area (Å²) < 4.78 is 10.6. The first-order valence-corrected chi connectivity index (χ1v) is 8.50. The van der Waals surface area contributed by atoms with Crippen molar-refractivity contribution in [2.75, 3.05) is 11.9 Å². The summed E-state index contributed by atoms with van der Waals surface area (Å²) in [5.41, 5.74) is 1.09. The Bertz CT molecular complexity index is 974. The second-order valence-electron chi connectivity index (χ2n) is 5.78. The van der Waals surface area contributed by atoms with E-state index in [0.29, 0.717) is 11.3 Å². The number of benzene rings is 2. The lowest BCUT2D eigenvalue weighted by Crippen LogP contribution is -2.16. The number of anilines is 1. The SMILES string of the molecule is CCOC(=O)C1=C(Nc2ccccc2)OC(=Cc2ccc(C(=O)O)cc2)C1=O. The molecule has 0 aromatic heterocycles. The number of nitrogens with one attached hydrogen (secondary N) is 1. The summed E-state index contributed by atoms with van der Waals surface area (Å²) in [6, 6.07) is 14.9. The van der Waals surface area contributed by atoms with Crippen LogP contribution < -0.4 is 5.32 Å². The molecule has 0 aliphatic carbocycles. The van der Waals surface area contributed by atoms with Crippen LogP contribution in [0.5, 0.6) is 0 Å². The number of carbonyl (C=O) groups excluding carboxylic acids is 2. The van der Waals surface area contributed by atoms with E-state index >= 15 is 0 Å². The molecule has 2 N–H and O–H groups in total. The number of ketones is 1. The molecule has 28 heavy (non-hydrogen) atoms. The smallest absolute Gasteiger partial charge is 0.347 e. The third kappa shape index (κ3) is 4.09. The highest BCUT2D eigenvalue weighted by molar-refractivity contribution is 6.26. The minimum absolute atomic E-state index is 0.0111. The minimum atomic E-state index is -1.05. The summed E-state index contributed by atoms with van der Waals surface area (Å²) in [4.78, 5) is 35.9. The number of hydrogen-bond acceptors (Lipinski definition) is 6. The quantitative estimate of drug-likeness (QED) is 0.451. The highest BCUT2D eigenvalue weighted by atomic mass is 16.5. The zero-order valence-corrected chi connectivity index (χ0v) is 15.0. The number of carboxylic acids is 1. The average Bonchev–Trinajstić information content (AvgIpc) is 2.98. The van der Waals surface area contributed by atoms with Crippen LogP contribution in [-0.4, -0.2) is 29.4 Å². The molecule has 1 heterocycles. The van der Waals surface area contributed by atoms with E-state index in [0.717, 1.165) is 0 Å². The first-order chi connectivity index (χ1) is 13.5. The Labute approximate surface area is 160 Å². The number of ether oxygens (including phenoxy) is 2. The highest BCUT2D eigenvalue weighted by Gasteiger charge is 2.36. The third-order valence-electron chi connectivity index (χ3n) is 3.86. The van der Waals surface area contributed by atoms with Crippen LogP contribution in [0.2, 0.25) is 0 Å². The Hall–Kier alpha value is -3.87. The van der Waals surface area contributed by atoms with Crippen LogP contribution in [0.1, 0.15) is 22.8 Å². The largest absolute Gasteiger partial charge is 0.478 e.